The van der Waals surface area contributed by atoms with Gasteiger partial charge in [0.25, 0.3) is 0 Å². The summed E-state index contributed by atoms with van der Waals surface area (Å²) < 4.78 is 5.25. The molecule has 1 aromatic rings. The van der Waals surface area contributed by atoms with Crippen LogP contribution in [0.3, 0.4) is 0 Å². The minimum Gasteiger partial charge on any atom is -0.375 e. The molecule has 1 aromatic carbocycles. The molecule has 0 heterocycles. The number of rotatable bonds is 6. The number of carbonyl (C=O) groups is 1. The highest BCUT2D eigenvalue weighted by Gasteiger charge is 2.01. The van der Waals surface area contributed by atoms with Crippen molar-refractivity contribution >= 4 is 11.7 Å². The number of amides is 2. The van der Waals surface area contributed by atoms with Gasteiger partial charge in [-0.3, -0.25) is 0 Å². The van der Waals surface area contributed by atoms with Gasteiger partial charge in [0, 0.05) is 12.2 Å². The van der Waals surface area contributed by atoms with E-state index in [0.29, 0.717) is 31.0 Å². The fourth-order valence-corrected chi connectivity index (χ4v) is 1.32. The second-order valence-corrected chi connectivity index (χ2v) is 4.08. The first-order valence-corrected chi connectivity index (χ1v) is 5.89. The molecule has 2 amide bonds. The summed E-state index contributed by atoms with van der Waals surface area (Å²) in [6, 6.07) is 8.40. The van der Waals surface area contributed by atoms with Crippen LogP contribution in [-0.2, 0) is 4.74 Å². The molecule has 0 saturated carbocycles. The third kappa shape index (κ3) is 6.24. The van der Waals surface area contributed by atoms with E-state index in [9.17, 15) is 4.79 Å². The topological polar surface area (TPSA) is 74.2 Å². The molecular formula is C14H17N3O2. The summed E-state index contributed by atoms with van der Waals surface area (Å²) >= 11 is 0. The van der Waals surface area contributed by atoms with Crippen molar-refractivity contribution < 1.29 is 9.53 Å². The average Bonchev–Trinajstić information content (AvgIpc) is 2.38. The van der Waals surface area contributed by atoms with Crippen molar-refractivity contribution in [3.05, 3.63) is 42.0 Å². The van der Waals surface area contributed by atoms with Crippen LogP contribution in [0.15, 0.2) is 36.4 Å². The molecule has 0 spiro atoms. The van der Waals surface area contributed by atoms with E-state index in [1.807, 2.05) is 13.0 Å². The van der Waals surface area contributed by atoms with Gasteiger partial charge in [0.05, 0.1) is 24.8 Å². The van der Waals surface area contributed by atoms with E-state index in [1.54, 1.807) is 24.3 Å². The molecule has 5 heteroatoms. The standard InChI is InChI=1S/C14H17N3O2/c1-11(2)10-19-7-6-16-14(18)17-13-5-3-4-12(8-13)9-15/h3-5,8H,1,6-7,10H2,2H3,(H2,16,17,18). The molecule has 0 aliphatic carbocycles. The summed E-state index contributed by atoms with van der Waals surface area (Å²) in [6.07, 6.45) is 0. The number of hydrogen-bond donors (Lipinski definition) is 2. The van der Waals surface area contributed by atoms with Gasteiger partial charge < -0.3 is 15.4 Å². The average molecular weight is 259 g/mol. The molecule has 5 nitrogen and oxygen atoms in total. The lowest BCUT2D eigenvalue weighted by Gasteiger charge is -2.08. The number of nitrogens with one attached hydrogen (secondary N) is 2. The Labute approximate surface area is 112 Å². The molecule has 1 rings (SSSR count). The lowest BCUT2D eigenvalue weighted by molar-refractivity contribution is 0.159. The fourth-order valence-electron chi connectivity index (χ4n) is 1.32. The van der Waals surface area contributed by atoms with Gasteiger partial charge in [-0.1, -0.05) is 18.2 Å². The summed E-state index contributed by atoms with van der Waals surface area (Å²) in [7, 11) is 0. The van der Waals surface area contributed by atoms with Crippen molar-refractivity contribution in [2.75, 3.05) is 25.1 Å². The van der Waals surface area contributed by atoms with Crippen molar-refractivity contribution in [2.45, 2.75) is 6.92 Å². The highest BCUT2D eigenvalue weighted by Crippen LogP contribution is 2.09. The second kappa shape index (κ2) is 7.90. The van der Waals surface area contributed by atoms with Crippen molar-refractivity contribution in [1.82, 2.24) is 5.32 Å². The SMILES string of the molecule is C=C(C)COCCNC(=O)Nc1cccc(C#N)c1. The first-order valence-electron chi connectivity index (χ1n) is 5.89. The van der Waals surface area contributed by atoms with Crippen LogP contribution in [0.4, 0.5) is 10.5 Å². The van der Waals surface area contributed by atoms with Crippen molar-refractivity contribution in [2.24, 2.45) is 0 Å². The number of carbonyl (C=O) groups excluding carboxylic acids is 1. The summed E-state index contributed by atoms with van der Waals surface area (Å²) in [5.41, 5.74) is 2.03. The molecule has 0 aromatic heterocycles. The number of anilines is 1. The zero-order valence-corrected chi connectivity index (χ0v) is 10.9. The minimum atomic E-state index is -0.325. The monoisotopic (exact) mass is 259 g/mol. The number of ether oxygens (including phenoxy) is 1. The Morgan fingerprint density at radius 1 is 1.53 bits per heavy atom. The highest BCUT2D eigenvalue weighted by molar-refractivity contribution is 5.89. The molecule has 0 unspecified atom stereocenters. The van der Waals surface area contributed by atoms with Gasteiger partial charge in [-0.2, -0.15) is 5.26 Å². The molecular weight excluding hydrogens is 242 g/mol. The number of hydrogen-bond acceptors (Lipinski definition) is 3. The lowest BCUT2D eigenvalue weighted by atomic mass is 10.2. The number of benzene rings is 1. The fraction of sp³-hybridized carbons (Fsp3) is 0.286. The first-order chi connectivity index (χ1) is 9.11. The van der Waals surface area contributed by atoms with Crippen molar-refractivity contribution in [1.29, 1.82) is 5.26 Å². The maximum atomic E-state index is 11.5. The van der Waals surface area contributed by atoms with E-state index in [4.69, 9.17) is 10.00 Å². The first kappa shape index (κ1) is 14.7. The maximum Gasteiger partial charge on any atom is 0.319 e. The highest BCUT2D eigenvalue weighted by atomic mass is 16.5. The molecule has 0 saturated heterocycles. The predicted octanol–water partition coefficient (Wildman–Crippen LogP) is 2.27. The van der Waals surface area contributed by atoms with Gasteiger partial charge in [-0.05, 0) is 25.1 Å². The van der Waals surface area contributed by atoms with Crippen LogP contribution in [-0.4, -0.2) is 25.8 Å². The Morgan fingerprint density at radius 2 is 2.32 bits per heavy atom. The Morgan fingerprint density at radius 3 is 3.00 bits per heavy atom. The predicted molar refractivity (Wildman–Crippen MR) is 73.8 cm³/mol. The summed E-state index contributed by atoms with van der Waals surface area (Å²) in [4.78, 5) is 11.5. The normalized spacial score (nSPS) is 9.47. The van der Waals surface area contributed by atoms with Crippen molar-refractivity contribution in [3.63, 3.8) is 0 Å². The van der Waals surface area contributed by atoms with Crippen LogP contribution in [0.1, 0.15) is 12.5 Å². The lowest BCUT2D eigenvalue weighted by Crippen LogP contribution is -2.31. The summed E-state index contributed by atoms with van der Waals surface area (Å²) in [5, 5.41) is 14.0. The molecule has 0 bridgehead atoms. The van der Waals surface area contributed by atoms with Crippen LogP contribution in [0.5, 0.6) is 0 Å². The van der Waals surface area contributed by atoms with Crippen molar-refractivity contribution in [3.8, 4) is 6.07 Å². The van der Waals surface area contributed by atoms with E-state index >= 15 is 0 Å². The molecule has 100 valence electrons. The van der Waals surface area contributed by atoms with Gasteiger partial charge in [0.1, 0.15) is 0 Å². The van der Waals surface area contributed by atoms with Crippen LogP contribution in [0.25, 0.3) is 0 Å². The molecule has 0 atom stereocenters. The zero-order valence-electron chi connectivity index (χ0n) is 10.9. The molecule has 0 fully saturated rings. The Hall–Kier alpha value is -2.32. The van der Waals surface area contributed by atoms with Gasteiger partial charge in [-0.15, -0.1) is 0 Å². The van der Waals surface area contributed by atoms with E-state index in [1.165, 1.54) is 0 Å². The Balaban J connectivity index is 2.27. The zero-order chi connectivity index (χ0) is 14.1. The quantitative estimate of drug-likeness (QED) is 0.608. The molecule has 0 radical (unpaired) electrons. The van der Waals surface area contributed by atoms with Crippen LogP contribution in [0.2, 0.25) is 0 Å². The smallest absolute Gasteiger partial charge is 0.319 e. The number of urea groups is 1. The molecule has 2 N–H and O–H groups in total. The number of nitriles is 1. The van der Waals surface area contributed by atoms with E-state index in [0.717, 1.165) is 5.57 Å². The van der Waals surface area contributed by atoms with Crippen LogP contribution >= 0.6 is 0 Å². The Bertz CT molecular complexity index is 492. The largest absolute Gasteiger partial charge is 0.375 e. The van der Waals surface area contributed by atoms with Crippen LogP contribution < -0.4 is 10.6 Å². The minimum absolute atomic E-state index is 0.325. The Kier molecular flexibility index (Phi) is 6.13. The van der Waals surface area contributed by atoms with E-state index < -0.39 is 0 Å². The van der Waals surface area contributed by atoms with Gasteiger partial charge >= 0.3 is 6.03 Å². The third-order valence-electron chi connectivity index (χ3n) is 2.13. The third-order valence-corrected chi connectivity index (χ3v) is 2.13. The van der Waals surface area contributed by atoms with Gasteiger partial charge in [0.2, 0.25) is 0 Å². The van der Waals surface area contributed by atoms with E-state index in [-0.39, 0.29) is 6.03 Å². The maximum absolute atomic E-state index is 11.5. The van der Waals surface area contributed by atoms with E-state index in [2.05, 4.69) is 17.2 Å². The summed E-state index contributed by atoms with van der Waals surface area (Å²) in [5.74, 6) is 0. The van der Waals surface area contributed by atoms with Gasteiger partial charge in [-0.25, -0.2) is 4.79 Å². The molecule has 0 aliphatic heterocycles. The molecule has 19 heavy (non-hydrogen) atoms. The summed E-state index contributed by atoms with van der Waals surface area (Å²) in [6.45, 7) is 6.92. The van der Waals surface area contributed by atoms with Gasteiger partial charge in [0.15, 0.2) is 0 Å². The second-order valence-electron chi connectivity index (χ2n) is 4.08. The van der Waals surface area contributed by atoms with Crippen LogP contribution in [0, 0.1) is 11.3 Å². The number of nitrogens with zero attached hydrogens (tertiary/aromatic N) is 1. The molecule has 0 aliphatic rings.